The summed E-state index contributed by atoms with van der Waals surface area (Å²) in [6.45, 7) is 2.07. The van der Waals surface area contributed by atoms with E-state index in [9.17, 15) is 13.6 Å². The molecule has 0 aliphatic carbocycles. The van der Waals surface area contributed by atoms with Gasteiger partial charge in [0, 0.05) is 12.3 Å². The molecule has 4 aromatic rings. The number of halogens is 2. The van der Waals surface area contributed by atoms with Gasteiger partial charge in [-0.15, -0.1) is 0 Å². The predicted octanol–water partition coefficient (Wildman–Crippen LogP) is 5.06. The lowest BCUT2D eigenvalue weighted by Crippen LogP contribution is -2.32. The Labute approximate surface area is 181 Å². The molecule has 0 spiro atoms. The van der Waals surface area contributed by atoms with Crippen LogP contribution in [0.25, 0.3) is 10.2 Å². The lowest BCUT2D eigenvalue weighted by atomic mass is 10.1. The third kappa shape index (κ3) is 4.54. The lowest BCUT2D eigenvalue weighted by Gasteiger charge is -2.20. The molecule has 0 aliphatic rings. The van der Waals surface area contributed by atoms with Crippen LogP contribution in [0.3, 0.4) is 0 Å². The smallest absolute Gasteiger partial charge is 0.233 e. The highest BCUT2D eigenvalue weighted by Gasteiger charge is 2.22. The minimum atomic E-state index is -0.756. The van der Waals surface area contributed by atoms with Gasteiger partial charge in [0.25, 0.3) is 0 Å². The third-order valence-corrected chi connectivity index (χ3v) is 5.82. The Kier molecular flexibility index (Phi) is 5.90. The second-order valence-electron chi connectivity index (χ2n) is 7.01. The molecule has 0 saturated carbocycles. The quantitative estimate of drug-likeness (QED) is 0.421. The highest BCUT2D eigenvalue weighted by molar-refractivity contribution is 7.22. The maximum Gasteiger partial charge on any atom is 0.233 e. The Morgan fingerprint density at radius 2 is 2.00 bits per heavy atom. The number of rotatable bonds is 6. The van der Waals surface area contributed by atoms with E-state index >= 15 is 0 Å². The summed E-state index contributed by atoms with van der Waals surface area (Å²) in [6.07, 6.45) is 1.75. The summed E-state index contributed by atoms with van der Waals surface area (Å²) in [7, 11) is 1.59. The largest absolute Gasteiger partial charge is 0.496 e. The third-order valence-electron chi connectivity index (χ3n) is 4.79. The van der Waals surface area contributed by atoms with Gasteiger partial charge in [0.15, 0.2) is 10.9 Å². The Morgan fingerprint density at radius 3 is 2.71 bits per heavy atom. The first kappa shape index (κ1) is 20.9. The summed E-state index contributed by atoms with van der Waals surface area (Å²) < 4.78 is 33.4. The molecule has 0 N–H and O–H groups in total. The number of hydrogen-bond donors (Lipinski definition) is 0. The van der Waals surface area contributed by atoms with Crippen molar-refractivity contribution in [1.82, 2.24) is 9.97 Å². The number of carbonyl (C=O) groups is 1. The van der Waals surface area contributed by atoms with Crippen LogP contribution in [-0.4, -0.2) is 23.0 Å². The van der Waals surface area contributed by atoms with Crippen molar-refractivity contribution in [3.63, 3.8) is 0 Å². The molecular formula is C23H19F2N3O2S. The molecule has 0 saturated heterocycles. The number of pyridine rings is 1. The van der Waals surface area contributed by atoms with E-state index in [1.165, 1.54) is 11.0 Å². The molecule has 158 valence electrons. The first-order chi connectivity index (χ1) is 14.9. The number of aromatic nitrogens is 2. The summed E-state index contributed by atoms with van der Waals surface area (Å²) in [4.78, 5) is 23.3. The second kappa shape index (κ2) is 8.77. The Balaban J connectivity index is 1.69. The van der Waals surface area contributed by atoms with Crippen LogP contribution in [0.4, 0.5) is 13.9 Å². The Bertz CT molecular complexity index is 1240. The second-order valence-corrected chi connectivity index (χ2v) is 8.02. The monoisotopic (exact) mass is 439 g/mol. The number of amides is 1. The number of carbonyl (C=O) groups excluding carboxylic acids is 1. The highest BCUT2D eigenvalue weighted by Crippen LogP contribution is 2.32. The van der Waals surface area contributed by atoms with E-state index in [1.807, 2.05) is 31.2 Å². The van der Waals surface area contributed by atoms with E-state index in [4.69, 9.17) is 4.74 Å². The van der Waals surface area contributed by atoms with Gasteiger partial charge in [-0.25, -0.2) is 13.8 Å². The van der Waals surface area contributed by atoms with Gasteiger partial charge in [-0.2, -0.15) is 0 Å². The van der Waals surface area contributed by atoms with E-state index in [1.54, 1.807) is 25.4 Å². The minimum Gasteiger partial charge on any atom is -0.496 e. The number of anilines is 1. The first-order valence-corrected chi connectivity index (χ1v) is 10.4. The summed E-state index contributed by atoms with van der Waals surface area (Å²) in [5.41, 5.74) is 2.43. The van der Waals surface area contributed by atoms with Gasteiger partial charge in [0.1, 0.15) is 17.1 Å². The summed E-state index contributed by atoms with van der Waals surface area (Å²) in [6, 6.07) is 12.9. The fourth-order valence-electron chi connectivity index (χ4n) is 3.30. The average molecular weight is 439 g/mol. The van der Waals surface area contributed by atoms with Crippen LogP contribution in [0.5, 0.6) is 5.75 Å². The van der Waals surface area contributed by atoms with Gasteiger partial charge in [0.05, 0.1) is 30.5 Å². The number of hydrogen-bond acceptors (Lipinski definition) is 5. The number of methoxy groups -OCH3 is 1. The topological polar surface area (TPSA) is 55.3 Å². The van der Waals surface area contributed by atoms with Crippen molar-refractivity contribution in [2.75, 3.05) is 12.0 Å². The molecule has 0 radical (unpaired) electrons. The number of benzene rings is 2. The number of fused-ring (bicyclic) bond motifs is 1. The number of nitrogens with zero attached hydrogens (tertiary/aromatic N) is 3. The standard InChI is InChI=1S/C23H19F2N3O2S/c1-14-9-15(6-7-19(14)30-2)10-21(29)28(13-17-5-3-4-8-26-17)23-27-22-18(25)11-16(24)12-20(22)31-23/h3-9,11-12H,10,13H2,1-2H3. The van der Waals surface area contributed by atoms with Crippen LogP contribution in [-0.2, 0) is 17.8 Å². The summed E-state index contributed by atoms with van der Waals surface area (Å²) in [5, 5.41) is 0.292. The molecule has 0 aliphatic heterocycles. The van der Waals surface area contributed by atoms with Crippen LogP contribution < -0.4 is 9.64 Å². The maximum absolute atomic E-state index is 14.2. The normalized spacial score (nSPS) is 11.0. The Morgan fingerprint density at radius 1 is 1.16 bits per heavy atom. The molecule has 2 aromatic heterocycles. The number of aryl methyl sites for hydroxylation is 1. The van der Waals surface area contributed by atoms with Crippen LogP contribution in [0.15, 0.2) is 54.7 Å². The predicted molar refractivity (Wildman–Crippen MR) is 116 cm³/mol. The Hall–Kier alpha value is -3.39. The van der Waals surface area contributed by atoms with E-state index in [0.29, 0.717) is 15.5 Å². The molecular weight excluding hydrogens is 420 g/mol. The van der Waals surface area contributed by atoms with Gasteiger partial charge in [-0.05, 0) is 42.3 Å². The number of ether oxygens (including phenoxy) is 1. The zero-order valence-corrected chi connectivity index (χ0v) is 17.7. The van der Waals surface area contributed by atoms with Crippen LogP contribution in [0.1, 0.15) is 16.8 Å². The van der Waals surface area contributed by atoms with Crippen molar-refractivity contribution >= 4 is 32.6 Å². The molecule has 31 heavy (non-hydrogen) atoms. The molecule has 0 atom stereocenters. The van der Waals surface area contributed by atoms with E-state index in [0.717, 1.165) is 34.3 Å². The van der Waals surface area contributed by atoms with Crippen molar-refractivity contribution < 1.29 is 18.3 Å². The van der Waals surface area contributed by atoms with Crippen LogP contribution >= 0.6 is 11.3 Å². The molecule has 2 aromatic carbocycles. The molecule has 0 bridgehead atoms. The molecule has 0 unspecified atom stereocenters. The van der Waals surface area contributed by atoms with Crippen molar-refractivity contribution in [3.05, 3.63) is 83.2 Å². The SMILES string of the molecule is COc1ccc(CC(=O)N(Cc2ccccn2)c2nc3c(F)cc(F)cc3s2)cc1C. The van der Waals surface area contributed by atoms with Gasteiger partial charge in [-0.1, -0.05) is 29.5 Å². The van der Waals surface area contributed by atoms with Gasteiger partial charge in [-0.3, -0.25) is 14.7 Å². The van der Waals surface area contributed by atoms with Crippen molar-refractivity contribution in [3.8, 4) is 5.75 Å². The maximum atomic E-state index is 14.2. The number of thiazole rings is 1. The summed E-state index contributed by atoms with van der Waals surface area (Å²) in [5.74, 6) is -0.926. The zero-order valence-electron chi connectivity index (χ0n) is 16.9. The highest BCUT2D eigenvalue weighted by atomic mass is 32.1. The van der Waals surface area contributed by atoms with E-state index in [2.05, 4.69) is 9.97 Å². The van der Waals surface area contributed by atoms with Crippen molar-refractivity contribution in [1.29, 1.82) is 0 Å². The van der Waals surface area contributed by atoms with Gasteiger partial charge >= 0.3 is 0 Å². The van der Waals surface area contributed by atoms with Crippen LogP contribution in [0, 0.1) is 18.6 Å². The first-order valence-electron chi connectivity index (χ1n) is 9.54. The molecule has 2 heterocycles. The van der Waals surface area contributed by atoms with Crippen molar-refractivity contribution in [2.24, 2.45) is 0 Å². The lowest BCUT2D eigenvalue weighted by molar-refractivity contribution is -0.118. The average Bonchev–Trinajstić information content (AvgIpc) is 3.17. The molecule has 0 fully saturated rings. The molecule has 1 amide bonds. The van der Waals surface area contributed by atoms with E-state index in [-0.39, 0.29) is 24.4 Å². The summed E-state index contributed by atoms with van der Waals surface area (Å²) >= 11 is 1.07. The molecule has 5 nitrogen and oxygen atoms in total. The van der Waals surface area contributed by atoms with Crippen molar-refractivity contribution in [2.45, 2.75) is 19.9 Å². The fourth-order valence-corrected chi connectivity index (χ4v) is 4.32. The molecule has 4 rings (SSSR count). The van der Waals surface area contributed by atoms with E-state index < -0.39 is 11.6 Å². The fraction of sp³-hybridized carbons (Fsp3) is 0.174. The molecule has 8 heteroatoms. The zero-order chi connectivity index (χ0) is 22.0. The van der Waals surface area contributed by atoms with Gasteiger partial charge < -0.3 is 4.74 Å². The van der Waals surface area contributed by atoms with Gasteiger partial charge in [0.2, 0.25) is 5.91 Å². The minimum absolute atomic E-state index is 0.0421. The van der Waals surface area contributed by atoms with Crippen LogP contribution in [0.2, 0.25) is 0 Å².